The molecule has 0 aliphatic carbocycles. The van der Waals surface area contributed by atoms with Gasteiger partial charge < -0.3 is 14.6 Å². The maximum Gasteiger partial charge on any atom is 0.289 e. The number of furan rings is 1. The van der Waals surface area contributed by atoms with Gasteiger partial charge in [-0.2, -0.15) is 0 Å². The first-order valence-corrected chi connectivity index (χ1v) is 7.66. The van der Waals surface area contributed by atoms with E-state index in [0.29, 0.717) is 24.8 Å². The number of amides is 2. The summed E-state index contributed by atoms with van der Waals surface area (Å²) in [6.45, 7) is 3.54. The molecular weight excluding hydrogens is 280 g/mol. The number of hydrogen-bond donors (Lipinski definition) is 1. The predicted octanol–water partition coefficient (Wildman–Crippen LogP) is 2.42. The normalized spacial score (nSPS) is 18.4. The number of para-hydroxylation sites is 1. The third-order valence-corrected chi connectivity index (χ3v) is 4.08. The van der Waals surface area contributed by atoms with Crippen molar-refractivity contribution in [2.75, 3.05) is 19.6 Å². The zero-order valence-electron chi connectivity index (χ0n) is 12.7. The molecule has 0 spiro atoms. The van der Waals surface area contributed by atoms with Crippen LogP contribution in [0.15, 0.2) is 34.7 Å². The van der Waals surface area contributed by atoms with Crippen molar-refractivity contribution < 1.29 is 14.0 Å². The van der Waals surface area contributed by atoms with E-state index in [-0.39, 0.29) is 11.8 Å². The number of benzene rings is 1. The quantitative estimate of drug-likeness (QED) is 0.947. The molecule has 0 bridgehead atoms. The topological polar surface area (TPSA) is 62.6 Å². The predicted molar refractivity (Wildman–Crippen MR) is 83.5 cm³/mol. The Bertz CT molecular complexity index is 659. The minimum atomic E-state index is -0.0660. The number of fused-ring (bicyclic) bond motifs is 1. The summed E-state index contributed by atoms with van der Waals surface area (Å²) in [6.07, 6.45) is 1.99. The van der Waals surface area contributed by atoms with Gasteiger partial charge >= 0.3 is 0 Å². The Morgan fingerprint density at radius 2 is 2.18 bits per heavy atom. The van der Waals surface area contributed by atoms with E-state index in [1.54, 1.807) is 6.07 Å². The average Bonchev–Trinajstić information content (AvgIpc) is 2.96. The minimum Gasteiger partial charge on any atom is -0.451 e. The molecule has 0 radical (unpaired) electrons. The smallest absolute Gasteiger partial charge is 0.289 e. The minimum absolute atomic E-state index is 0.0271. The molecule has 1 aromatic carbocycles. The van der Waals surface area contributed by atoms with Gasteiger partial charge in [-0.1, -0.05) is 18.2 Å². The van der Waals surface area contributed by atoms with Crippen LogP contribution in [0.5, 0.6) is 0 Å². The first kappa shape index (κ1) is 14.6. The number of piperidine rings is 1. The van der Waals surface area contributed by atoms with Crippen LogP contribution in [0, 0.1) is 5.92 Å². The molecule has 1 fully saturated rings. The van der Waals surface area contributed by atoms with Crippen LogP contribution < -0.4 is 5.32 Å². The summed E-state index contributed by atoms with van der Waals surface area (Å²) in [5, 5.41) is 3.78. The van der Waals surface area contributed by atoms with Crippen LogP contribution in [-0.4, -0.2) is 36.3 Å². The Morgan fingerprint density at radius 1 is 1.36 bits per heavy atom. The fourth-order valence-electron chi connectivity index (χ4n) is 2.95. The zero-order chi connectivity index (χ0) is 15.5. The number of carbonyl (C=O) groups excluding carboxylic acids is 2. The van der Waals surface area contributed by atoms with Crippen molar-refractivity contribution in [2.45, 2.75) is 19.8 Å². The van der Waals surface area contributed by atoms with Crippen LogP contribution in [0.1, 0.15) is 30.3 Å². The lowest BCUT2D eigenvalue weighted by Crippen LogP contribution is -2.43. The fourth-order valence-corrected chi connectivity index (χ4v) is 2.95. The van der Waals surface area contributed by atoms with Gasteiger partial charge in [0.1, 0.15) is 5.58 Å². The lowest BCUT2D eigenvalue weighted by atomic mass is 9.97. The summed E-state index contributed by atoms with van der Waals surface area (Å²) in [4.78, 5) is 25.4. The summed E-state index contributed by atoms with van der Waals surface area (Å²) in [7, 11) is 0. The van der Waals surface area contributed by atoms with Crippen LogP contribution in [0.3, 0.4) is 0 Å². The van der Waals surface area contributed by atoms with Crippen LogP contribution >= 0.6 is 0 Å². The maximum atomic E-state index is 12.6. The van der Waals surface area contributed by atoms with E-state index in [0.717, 1.165) is 30.4 Å². The molecule has 1 aliphatic rings. The van der Waals surface area contributed by atoms with Crippen molar-refractivity contribution in [2.24, 2.45) is 5.92 Å². The fraction of sp³-hybridized carbons (Fsp3) is 0.412. The molecule has 2 amide bonds. The van der Waals surface area contributed by atoms with E-state index in [1.165, 1.54) is 6.92 Å². The van der Waals surface area contributed by atoms with E-state index in [4.69, 9.17) is 4.42 Å². The summed E-state index contributed by atoms with van der Waals surface area (Å²) in [6, 6.07) is 9.42. The number of likely N-dealkylation sites (tertiary alicyclic amines) is 1. The van der Waals surface area contributed by atoms with Gasteiger partial charge in [-0.05, 0) is 30.9 Å². The van der Waals surface area contributed by atoms with Gasteiger partial charge in [0.25, 0.3) is 5.91 Å². The Balaban J connectivity index is 1.69. The van der Waals surface area contributed by atoms with Gasteiger partial charge in [-0.15, -0.1) is 0 Å². The van der Waals surface area contributed by atoms with Crippen molar-refractivity contribution in [1.29, 1.82) is 0 Å². The summed E-state index contributed by atoms with van der Waals surface area (Å²) < 4.78 is 5.66. The molecule has 2 heterocycles. The Morgan fingerprint density at radius 3 is 2.95 bits per heavy atom. The van der Waals surface area contributed by atoms with Gasteiger partial charge in [0, 0.05) is 31.9 Å². The highest BCUT2D eigenvalue weighted by Gasteiger charge is 2.26. The van der Waals surface area contributed by atoms with Crippen molar-refractivity contribution in [1.82, 2.24) is 10.2 Å². The molecule has 1 atom stereocenters. The Kier molecular flexibility index (Phi) is 4.13. The molecule has 3 rings (SSSR count). The Hall–Kier alpha value is -2.30. The van der Waals surface area contributed by atoms with Gasteiger partial charge in [0.2, 0.25) is 5.91 Å². The van der Waals surface area contributed by atoms with Gasteiger partial charge in [0.15, 0.2) is 5.76 Å². The second-order valence-corrected chi connectivity index (χ2v) is 5.84. The van der Waals surface area contributed by atoms with Gasteiger partial charge in [-0.3, -0.25) is 9.59 Å². The SMILES string of the molecule is CC(=O)NCC1CCCN(C(=O)c2cc3ccccc3o2)C1. The first-order chi connectivity index (χ1) is 10.6. The number of nitrogens with one attached hydrogen (secondary N) is 1. The van der Waals surface area contributed by atoms with E-state index in [1.807, 2.05) is 29.2 Å². The molecule has 0 saturated carbocycles. The van der Waals surface area contributed by atoms with Crippen LogP contribution in [0.2, 0.25) is 0 Å². The number of nitrogens with zero attached hydrogens (tertiary/aromatic N) is 1. The number of hydrogen-bond acceptors (Lipinski definition) is 3. The molecular formula is C17H20N2O3. The highest BCUT2D eigenvalue weighted by molar-refractivity contribution is 5.96. The summed E-state index contributed by atoms with van der Waals surface area (Å²) in [5.41, 5.74) is 0.734. The van der Waals surface area contributed by atoms with E-state index in [9.17, 15) is 9.59 Å². The molecule has 1 aromatic heterocycles. The van der Waals surface area contributed by atoms with Crippen molar-refractivity contribution in [3.63, 3.8) is 0 Å². The highest BCUT2D eigenvalue weighted by Crippen LogP contribution is 2.23. The van der Waals surface area contributed by atoms with Crippen LogP contribution in [-0.2, 0) is 4.79 Å². The Labute approximate surface area is 129 Å². The molecule has 22 heavy (non-hydrogen) atoms. The lowest BCUT2D eigenvalue weighted by Gasteiger charge is -2.32. The molecule has 2 aromatic rings. The average molecular weight is 300 g/mol. The molecule has 5 heteroatoms. The van der Waals surface area contributed by atoms with Crippen molar-refractivity contribution >= 4 is 22.8 Å². The van der Waals surface area contributed by atoms with Gasteiger partial charge in [-0.25, -0.2) is 0 Å². The van der Waals surface area contributed by atoms with E-state index >= 15 is 0 Å². The number of rotatable bonds is 3. The molecule has 116 valence electrons. The second-order valence-electron chi connectivity index (χ2n) is 5.84. The van der Waals surface area contributed by atoms with E-state index < -0.39 is 0 Å². The number of carbonyl (C=O) groups is 2. The van der Waals surface area contributed by atoms with Crippen LogP contribution in [0.4, 0.5) is 0 Å². The third-order valence-electron chi connectivity index (χ3n) is 4.08. The van der Waals surface area contributed by atoms with Crippen molar-refractivity contribution in [3.05, 3.63) is 36.1 Å². The molecule has 1 unspecified atom stereocenters. The largest absolute Gasteiger partial charge is 0.451 e. The monoisotopic (exact) mass is 300 g/mol. The van der Waals surface area contributed by atoms with Gasteiger partial charge in [0.05, 0.1) is 0 Å². The molecule has 5 nitrogen and oxygen atoms in total. The van der Waals surface area contributed by atoms with E-state index in [2.05, 4.69) is 5.32 Å². The summed E-state index contributed by atoms with van der Waals surface area (Å²) in [5.74, 6) is 0.608. The highest BCUT2D eigenvalue weighted by atomic mass is 16.3. The zero-order valence-corrected chi connectivity index (χ0v) is 12.7. The standard InChI is InChI=1S/C17H20N2O3/c1-12(20)18-10-13-5-4-8-19(11-13)17(21)16-9-14-6-2-3-7-15(14)22-16/h2-3,6-7,9,13H,4-5,8,10-11H2,1H3,(H,18,20). The molecule has 1 saturated heterocycles. The second kappa shape index (κ2) is 6.22. The molecule has 1 aliphatic heterocycles. The lowest BCUT2D eigenvalue weighted by molar-refractivity contribution is -0.119. The van der Waals surface area contributed by atoms with Crippen LogP contribution in [0.25, 0.3) is 11.0 Å². The first-order valence-electron chi connectivity index (χ1n) is 7.66. The third kappa shape index (κ3) is 3.13. The van der Waals surface area contributed by atoms with Crippen molar-refractivity contribution in [3.8, 4) is 0 Å². The molecule has 1 N–H and O–H groups in total. The maximum absolute atomic E-state index is 12.6. The summed E-state index contributed by atoms with van der Waals surface area (Å²) >= 11 is 0.